The number of furan rings is 1. The molecular weight excluding hydrogens is 220 g/mol. The Morgan fingerprint density at radius 3 is 3.13 bits per heavy atom. The zero-order chi connectivity index (χ0) is 10.7. The molecule has 78 valence electrons. The molecule has 2 aromatic rings. The first-order valence-electron chi connectivity index (χ1n) is 3.98. The van der Waals surface area contributed by atoms with Crippen molar-refractivity contribution in [3.63, 3.8) is 0 Å². The molecule has 2 rings (SSSR count). The standard InChI is InChI=1S/C8H6N2O4S/c11-6(12)4-15-8-9-7(10-14-8)5-2-1-3-13-5/h1-3H,4H2,(H,11,12). The molecule has 0 fully saturated rings. The molecule has 15 heavy (non-hydrogen) atoms. The molecule has 0 atom stereocenters. The molecule has 0 aliphatic carbocycles. The molecule has 0 saturated heterocycles. The van der Waals surface area contributed by atoms with Gasteiger partial charge in [0.1, 0.15) is 5.75 Å². The summed E-state index contributed by atoms with van der Waals surface area (Å²) in [7, 11) is 0. The number of hydrogen-bond acceptors (Lipinski definition) is 6. The lowest BCUT2D eigenvalue weighted by Crippen LogP contribution is -1.97. The zero-order valence-corrected chi connectivity index (χ0v) is 8.23. The molecular formula is C8H6N2O4S. The highest BCUT2D eigenvalue weighted by molar-refractivity contribution is 7.99. The van der Waals surface area contributed by atoms with Gasteiger partial charge in [0.05, 0.1) is 6.26 Å². The minimum Gasteiger partial charge on any atom is -0.481 e. The maximum Gasteiger partial charge on any atom is 0.314 e. The minimum atomic E-state index is -0.933. The van der Waals surface area contributed by atoms with Crippen LogP contribution in [0.25, 0.3) is 11.6 Å². The Balaban J connectivity index is 2.08. The van der Waals surface area contributed by atoms with Crippen LogP contribution in [0.1, 0.15) is 0 Å². The Morgan fingerprint density at radius 2 is 2.47 bits per heavy atom. The quantitative estimate of drug-likeness (QED) is 0.790. The number of rotatable bonds is 4. The molecule has 1 N–H and O–H groups in total. The normalized spacial score (nSPS) is 10.4. The lowest BCUT2D eigenvalue weighted by atomic mass is 10.4. The highest BCUT2D eigenvalue weighted by Crippen LogP contribution is 2.21. The summed E-state index contributed by atoms with van der Waals surface area (Å²) in [5.74, 6) is -0.244. The van der Waals surface area contributed by atoms with Crippen molar-refractivity contribution < 1.29 is 18.8 Å². The highest BCUT2D eigenvalue weighted by atomic mass is 32.2. The van der Waals surface area contributed by atoms with E-state index in [4.69, 9.17) is 14.0 Å². The van der Waals surface area contributed by atoms with E-state index in [9.17, 15) is 4.79 Å². The predicted octanol–water partition coefficient (Wildman–Crippen LogP) is 1.51. The van der Waals surface area contributed by atoms with Crippen molar-refractivity contribution in [2.45, 2.75) is 5.22 Å². The van der Waals surface area contributed by atoms with E-state index in [2.05, 4.69) is 10.1 Å². The van der Waals surface area contributed by atoms with E-state index in [0.29, 0.717) is 11.6 Å². The summed E-state index contributed by atoms with van der Waals surface area (Å²) in [4.78, 5) is 14.2. The van der Waals surface area contributed by atoms with Crippen molar-refractivity contribution in [2.24, 2.45) is 0 Å². The Kier molecular flexibility index (Phi) is 2.72. The third-order valence-corrected chi connectivity index (χ3v) is 2.27. The SMILES string of the molecule is O=C(O)CSc1nc(-c2ccco2)no1. The van der Waals surface area contributed by atoms with E-state index < -0.39 is 5.97 Å². The van der Waals surface area contributed by atoms with Crippen LogP contribution < -0.4 is 0 Å². The fourth-order valence-corrected chi connectivity index (χ4v) is 1.39. The second-order valence-electron chi connectivity index (χ2n) is 2.54. The number of thioether (sulfide) groups is 1. The summed E-state index contributed by atoms with van der Waals surface area (Å²) >= 11 is 0.965. The van der Waals surface area contributed by atoms with E-state index in [-0.39, 0.29) is 11.0 Å². The van der Waals surface area contributed by atoms with Gasteiger partial charge < -0.3 is 14.0 Å². The van der Waals surface area contributed by atoms with Gasteiger partial charge in [0.15, 0.2) is 5.76 Å². The maximum absolute atomic E-state index is 10.3. The van der Waals surface area contributed by atoms with Gasteiger partial charge in [0, 0.05) is 0 Å². The molecule has 0 amide bonds. The van der Waals surface area contributed by atoms with Gasteiger partial charge in [-0.15, -0.1) is 0 Å². The van der Waals surface area contributed by atoms with E-state index in [0.717, 1.165) is 11.8 Å². The number of aliphatic carboxylic acids is 1. The van der Waals surface area contributed by atoms with Gasteiger partial charge >= 0.3 is 5.97 Å². The molecule has 6 nitrogen and oxygen atoms in total. The lowest BCUT2D eigenvalue weighted by Gasteiger charge is -1.86. The van der Waals surface area contributed by atoms with Crippen LogP contribution in [0.5, 0.6) is 0 Å². The van der Waals surface area contributed by atoms with Crippen molar-refractivity contribution in [3.8, 4) is 11.6 Å². The number of nitrogens with zero attached hydrogens (tertiary/aromatic N) is 2. The summed E-state index contributed by atoms with van der Waals surface area (Å²) < 4.78 is 9.87. The van der Waals surface area contributed by atoms with Gasteiger partial charge in [-0.25, -0.2) is 0 Å². The minimum absolute atomic E-state index is 0.111. The number of hydrogen-bond donors (Lipinski definition) is 1. The van der Waals surface area contributed by atoms with E-state index in [1.165, 1.54) is 6.26 Å². The second kappa shape index (κ2) is 4.18. The van der Waals surface area contributed by atoms with E-state index in [1.54, 1.807) is 12.1 Å². The van der Waals surface area contributed by atoms with Gasteiger partial charge in [-0.05, 0) is 12.1 Å². The Bertz CT molecular complexity index is 451. The molecule has 2 heterocycles. The maximum atomic E-state index is 10.3. The number of carbonyl (C=O) groups is 1. The van der Waals surface area contributed by atoms with Gasteiger partial charge in [0.2, 0.25) is 5.82 Å². The summed E-state index contributed by atoms with van der Waals surface area (Å²) in [6.45, 7) is 0. The smallest absolute Gasteiger partial charge is 0.314 e. The van der Waals surface area contributed by atoms with Crippen LogP contribution in [0, 0.1) is 0 Å². The van der Waals surface area contributed by atoms with Gasteiger partial charge in [-0.1, -0.05) is 16.9 Å². The monoisotopic (exact) mass is 226 g/mol. The first-order chi connectivity index (χ1) is 7.25. The molecule has 0 radical (unpaired) electrons. The van der Waals surface area contributed by atoms with Crippen molar-refractivity contribution in [1.29, 1.82) is 0 Å². The summed E-state index contributed by atoms with van der Waals surface area (Å²) in [6.07, 6.45) is 1.50. The summed E-state index contributed by atoms with van der Waals surface area (Å²) in [5, 5.41) is 12.3. The molecule has 7 heteroatoms. The molecule has 0 aliphatic rings. The van der Waals surface area contributed by atoms with Crippen LogP contribution in [0.2, 0.25) is 0 Å². The first-order valence-corrected chi connectivity index (χ1v) is 4.96. The zero-order valence-electron chi connectivity index (χ0n) is 7.41. The summed E-state index contributed by atoms with van der Waals surface area (Å²) in [5.41, 5.74) is 0. The van der Waals surface area contributed by atoms with E-state index in [1.807, 2.05) is 0 Å². The van der Waals surface area contributed by atoms with Crippen LogP contribution in [0.3, 0.4) is 0 Å². The molecule has 0 aromatic carbocycles. The Hall–Kier alpha value is -1.76. The predicted molar refractivity (Wildman–Crippen MR) is 50.4 cm³/mol. The lowest BCUT2D eigenvalue weighted by molar-refractivity contribution is -0.133. The van der Waals surface area contributed by atoms with Gasteiger partial charge in [0.25, 0.3) is 5.22 Å². The van der Waals surface area contributed by atoms with Crippen LogP contribution in [0.15, 0.2) is 32.6 Å². The highest BCUT2D eigenvalue weighted by Gasteiger charge is 2.11. The van der Waals surface area contributed by atoms with Crippen LogP contribution in [-0.4, -0.2) is 27.0 Å². The molecule has 0 aliphatic heterocycles. The van der Waals surface area contributed by atoms with Crippen LogP contribution >= 0.6 is 11.8 Å². The average molecular weight is 226 g/mol. The topological polar surface area (TPSA) is 89.4 Å². The number of carboxylic acid groups (broad SMARTS) is 1. The van der Waals surface area contributed by atoms with Crippen LogP contribution in [-0.2, 0) is 4.79 Å². The molecule has 0 spiro atoms. The molecule has 0 saturated carbocycles. The molecule has 0 unspecified atom stereocenters. The fourth-order valence-electron chi connectivity index (χ4n) is 0.898. The Morgan fingerprint density at radius 1 is 1.60 bits per heavy atom. The molecule has 0 bridgehead atoms. The average Bonchev–Trinajstić information content (AvgIpc) is 2.85. The second-order valence-corrected chi connectivity index (χ2v) is 3.47. The van der Waals surface area contributed by atoms with Crippen molar-refractivity contribution in [1.82, 2.24) is 10.1 Å². The first kappa shape index (κ1) is 9.78. The third kappa shape index (κ3) is 2.38. The third-order valence-electron chi connectivity index (χ3n) is 1.47. The fraction of sp³-hybridized carbons (Fsp3) is 0.125. The number of carboxylic acids is 1. The van der Waals surface area contributed by atoms with Crippen molar-refractivity contribution in [2.75, 3.05) is 5.75 Å². The molecule has 2 aromatic heterocycles. The van der Waals surface area contributed by atoms with Gasteiger partial charge in [-0.2, -0.15) is 4.98 Å². The Labute approximate surface area is 88.3 Å². The van der Waals surface area contributed by atoms with Crippen molar-refractivity contribution >= 4 is 17.7 Å². The van der Waals surface area contributed by atoms with Crippen molar-refractivity contribution in [3.05, 3.63) is 18.4 Å². The van der Waals surface area contributed by atoms with Gasteiger partial charge in [-0.3, -0.25) is 4.79 Å². The van der Waals surface area contributed by atoms with Crippen LogP contribution in [0.4, 0.5) is 0 Å². The largest absolute Gasteiger partial charge is 0.481 e. The summed E-state index contributed by atoms with van der Waals surface area (Å²) in [6, 6.07) is 3.40. The number of aromatic nitrogens is 2. The van der Waals surface area contributed by atoms with E-state index >= 15 is 0 Å².